The number of fused-ring (bicyclic) bond motifs is 1. The molecule has 0 saturated carbocycles. The third-order valence-corrected chi connectivity index (χ3v) is 5.76. The van der Waals surface area contributed by atoms with E-state index in [1.807, 2.05) is 19.1 Å². The Bertz CT molecular complexity index is 721. The molecule has 0 bridgehead atoms. The van der Waals surface area contributed by atoms with Crippen LogP contribution in [0.1, 0.15) is 6.92 Å². The molecular formula is C14H17N3O2S. The summed E-state index contributed by atoms with van der Waals surface area (Å²) in [5.41, 5.74) is 0.705. The molecule has 0 spiro atoms. The van der Waals surface area contributed by atoms with Crippen molar-refractivity contribution >= 4 is 20.9 Å². The van der Waals surface area contributed by atoms with Crippen LogP contribution in [0.25, 0.3) is 10.9 Å². The molecule has 0 aliphatic carbocycles. The number of pyridine rings is 1. The van der Waals surface area contributed by atoms with Crippen molar-refractivity contribution in [1.82, 2.24) is 14.6 Å². The highest BCUT2D eigenvalue weighted by Gasteiger charge is 2.34. The molecule has 1 aromatic heterocycles. The lowest BCUT2D eigenvalue weighted by Crippen LogP contribution is -2.58. The summed E-state index contributed by atoms with van der Waals surface area (Å²) in [5.74, 6) is 0. The van der Waals surface area contributed by atoms with E-state index in [2.05, 4.69) is 10.3 Å². The van der Waals surface area contributed by atoms with Gasteiger partial charge in [-0.15, -0.1) is 0 Å². The fraction of sp³-hybridized carbons (Fsp3) is 0.357. The monoisotopic (exact) mass is 291 g/mol. The summed E-state index contributed by atoms with van der Waals surface area (Å²) < 4.78 is 27.3. The van der Waals surface area contributed by atoms with E-state index in [-0.39, 0.29) is 6.04 Å². The molecule has 0 radical (unpaired) electrons. The van der Waals surface area contributed by atoms with Gasteiger partial charge in [0.2, 0.25) is 10.0 Å². The molecule has 0 unspecified atom stereocenters. The van der Waals surface area contributed by atoms with Gasteiger partial charge in [-0.1, -0.05) is 13.0 Å². The van der Waals surface area contributed by atoms with Crippen molar-refractivity contribution in [3.05, 3.63) is 36.5 Å². The molecule has 1 saturated heterocycles. The third-order valence-electron chi connectivity index (χ3n) is 3.67. The van der Waals surface area contributed by atoms with Crippen molar-refractivity contribution in [2.75, 3.05) is 19.6 Å². The summed E-state index contributed by atoms with van der Waals surface area (Å²) in [6.07, 6.45) is 1.67. The predicted molar refractivity (Wildman–Crippen MR) is 78.0 cm³/mol. The van der Waals surface area contributed by atoms with Gasteiger partial charge in [-0.25, -0.2) is 8.42 Å². The first-order chi connectivity index (χ1) is 9.64. The van der Waals surface area contributed by atoms with Gasteiger partial charge in [-0.2, -0.15) is 4.31 Å². The fourth-order valence-electron chi connectivity index (χ4n) is 2.53. The highest BCUT2D eigenvalue weighted by atomic mass is 32.2. The number of sulfonamides is 1. The Morgan fingerprint density at radius 1 is 1.30 bits per heavy atom. The third kappa shape index (κ3) is 2.09. The second kappa shape index (κ2) is 5.12. The molecular weight excluding hydrogens is 274 g/mol. The molecule has 1 aromatic carbocycles. The lowest BCUT2D eigenvalue weighted by atomic mass is 10.2. The zero-order valence-electron chi connectivity index (χ0n) is 11.3. The minimum atomic E-state index is -3.48. The molecule has 2 aromatic rings. The van der Waals surface area contributed by atoms with Crippen LogP contribution in [0.4, 0.5) is 0 Å². The Labute approximate surface area is 118 Å². The molecule has 106 valence electrons. The van der Waals surface area contributed by atoms with Crippen LogP contribution in [0.5, 0.6) is 0 Å². The van der Waals surface area contributed by atoms with Crippen LogP contribution < -0.4 is 5.32 Å². The molecule has 3 rings (SSSR count). The van der Waals surface area contributed by atoms with Crippen LogP contribution in [-0.2, 0) is 10.0 Å². The Morgan fingerprint density at radius 3 is 2.75 bits per heavy atom. The van der Waals surface area contributed by atoms with Gasteiger partial charge in [0.25, 0.3) is 0 Å². The quantitative estimate of drug-likeness (QED) is 0.920. The van der Waals surface area contributed by atoms with Crippen molar-refractivity contribution in [3.8, 4) is 0 Å². The first kappa shape index (κ1) is 13.5. The van der Waals surface area contributed by atoms with Gasteiger partial charge in [0.05, 0.1) is 10.4 Å². The summed E-state index contributed by atoms with van der Waals surface area (Å²) in [6, 6.07) is 8.86. The number of nitrogens with one attached hydrogen (secondary N) is 1. The summed E-state index contributed by atoms with van der Waals surface area (Å²) in [6.45, 7) is 3.79. The van der Waals surface area contributed by atoms with Crippen molar-refractivity contribution in [1.29, 1.82) is 0 Å². The van der Waals surface area contributed by atoms with Crippen LogP contribution in [0, 0.1) is 0 Å². The standard InChI is InChI=1S/C14H17N3O2S/c1-2-17(11-9-15-10-11)20(18,19)14-7-3-6-13-12(14)5-4-8-16-13/h3-8,11,15H,2,9-10H2,1H3. The molecule has 1 fully saturated rings. The average molecular weight is 291 g/mol. The maximum absolute atomic E-state index is 12.9. The zero-order valence-corrected chi connectivity index (χ0v) is 12.1. The molecule has 2 heterocycles. The van der Waals surface area contributed by atoms with E-state index in [9.17, 15) is 8.42 Å². The van der Waals surface area contributed by atoms with Crippen LogP contribution in [0.15, 0.2) is 41.4 Å². The number of hydrogen-bond acceptors (Lipinski definition) is 4. The summed E-state index contributed by atoms with van der Waals surface area (Å²) >= 11 is 0. The van der Waals surface area contributed by atoms with Gasteiger partial charge in [0, 0.05) is 37.3 Å². The average Bonchev–Trinajstić information content (AvgIpc) is 2.41. The van der Waals surface area contributed by atoms with Crippen LogP contribution in [-0.4, -0.2) is 43.4 Å². The van der Waals surface area contributed by atoms with E-state index in [4.69, 9.17) is 0 Å². The van der Waals surface area contributed by atoms with Gasteiger partial charge in [-0.3, -0.25) is 4.98 Å². The van der Waals surface area contributed by atoms with Gasteiger partial charge in [0.1, 0.15) is 0 Å². The van der Waals surface area contributed by atoms with E-state index in [1.165, 1.54) is 0 Å². The Balaban J connectivity index is 2.13. The molecule has 20 heavy (non-hydrogen) atoms. The number of nitrogens with zero attached hydrogens (tertiary/aromatic N) is 2. The van der Waals surface area contributed by atoms with Gasteiger partial charge in [-0.05, 0) is 24.3 Å². The van der Waals surface area contributed by atoms with Crippen LogP contribution >= 0.6 is 0 Å². The SMILES string of the molecule is CCN(C1CNC1)S(=O)(=O)c1cccc2ncccc12. The van der Waals surface area contributed by atoms with E-state index >= 15 is 0 Å². The maximum atomic E-state index is 12.9. The lowest BCUT2D eigenvalue weighted by Gasteiger charge is -2.36. The van der Waals surface area contributed by atoms with Gasteiger partial charge < -0.3 is 5.32 Å². The summed E-state index contributed by atoms with van der Waals surface area (Å²) in [4.78, 5) is 4.57. The fourth-order valence-corrected chi connectivity index (χ4v) is 4.36. The molecule has 1 aliphatic heterocycles. The Morgan fingerprint density at radius 2 is 2.10 bits per heavy atom. The normalized spacial score (nSPS) is 16.5. The molecule has 1 N–H and O–H groups in total. The van der Waals surface area contributed by atoms with Crippen LogP contribution in [0.3, 0.4) is 0 Å². The van der Waals surface area contributed by atoms with Gasteiger partial charge >= 0.3 is 0 Å². The zero-order chi connectivity index (χ0) is 14.2. The summed E-state index contributed by atoms with van der Waals surface area (Å²) in [5, 5.41) is 3.80. The smallest absolute Gasteiger partial charge is 0.244 e. The van der Waals surface area contributed by atoms with Crippen molar-refractivity contribution in [2.24, 2.45) is 0 Å². The van der Waals surface area contributed by atoms with Crippen molar-refractivity contribution in [2.45, 2.75) is 17.9 Å². The van der Waals surface area contributed by atoms with Crippen molar-refractivity contribution in [3.63, 3.8) is 0 Å². The Hall–Kier alpha value is -1.50. The second-order valence-electron chi connectivity index (χ2n) is 4.85. The second-order valence-corrected chi connectivity index (χ2v) is 6.71. The van der Waals surface area contributed by atoms with Crippen molar-refractivity contribution < 1.29 is 8.42 Å². The molecule has 5 nitrogen and oxygen atoms in total. The number of benzene rings is 1. The van der Waals surface area contributed by atoms with Crippen LogP contribution in [0.2, 0.25) is 0 Å². The summed E-state index contributed by atoms with van der Waals surface area (Å²) in [7, 11) is -3.48. The predicted octanol–water partition coefficient (Wildman–Crippen LogP) is 1.22. The molecule has 6 heteroatoms. The highest BCUT2D eigenvalue weighted by molar-refractivity contribution is 7.89. The first-order valence-corrected chi connectivity index (χ1v) is 8.15. The minimum absolute atomic E-state index is 0.0527. The number of rotatable bonds is 4. The van der Waals surface area contributed by atoms with E-state index in [1.54, 1.807) is 28.7 Å². The number of hydrogen-bond donors (Lipinski definition) is 1. The maximum Gasteiger partial charge on any atom is 0.244 e. The largest absolute Gasteiger partial charge is 0.313 e. The van der Waals surface area contributed by atoms with E-state index < -0.39 is 10.0 Å². The Kier molecular flexibility index (Phi) is 3.45. The van der Waals surface area contributed by atoms with E-state index in [0.717, 1.165) is 13.1 Å². The first-order valence-electron chi connectivity index (χ1n) is 6.71. The minimum Gasteiger partial charge on any atom is -0.313 e. The molecule has 0 atom stereocenters. The molecule has 0 amide bonds. The van der Waals surface area contributed by atoms with Gasteiger partial charge in [0.15, 0.2) is 0 Å². The molecule has 1 aliphatic rings. The lowest BCUT2D eigenvalue weighted by molar-refractivity contribution is 0.250. The highest BCUT2D eigenvalue weighted by Crippen LogP contribution is 2.26. The number of aromatic nitrogens is 1. The topological polar surface area (TPSA) is 62.3 Å². The number of likely N-dealkylation sites (N-methyl/N-ethyl adjacent to an activating group) is 1. The van der Waals surface area contributed by atoms with E-state index in [0.29, 0.717) is 22.3 Å².